The maximum absolute atomic E-state index is 2.39. The minimum absolute atomic E-state index is 0.678. The van der Waals surface area contributed by atoms with Crippen molar-refractivity contribution in [2.24, 2.45) is 0 Å². The molecule has 1 aromatic carbocycles. The first-order valence-corrected chi connectivity index (χ1v) is 6.23. The summed E-state index contributed by atoms with van der Waals surface area (Å²) in [7, 11) is 0. The molecule has 0 atom stereocenters. The van der Waals surface area contributed by atoms with E-state index in [4.69, 9.17) is 0 Å². The first-order valence-electron chi connectivity index (χ1n) is 6.23. The van der Waals surface area contributed by atoms with Gasteiger partial charge in [-0.2, -0.15) is 0 Å². The van der Waals surface area contributed by atoms with Gasteiger partial charge in [0.15, 0.2) is 0 Å². The fourth-order valence-electron chi connectivity index (χ4n) is 3.17. The highest BCUT2D eigenvalue weighted by molar-refractivity contribution is 5.47. The van der Waals surface area contributed by atoms with E-state index in [-0.39, 0.29) is 0 Å². The minimum Gasteiger partial charge on any atom is -0.0587 e. The van der Waals surface area contributed by atoms with Crippen molar-refractivity contribution < 1.29 is 0 Å². The number of hydrogen-bond donors (Lipinski definition) is 0. The van der Waals surface area contributed by atoms with Gasteiger partial charge in [-0.15, -0.1) is 0 Å². The minimum atomic E-state index is 0.678. The van der Waals surface area contributed by atoms with Crippen LogP contribution < -0.4 is 0 Å². The zero-order valence-electron chi connectivity index (χ0n) is 10.5. The predicted molar refractivity (Wildman–Crippen MR) is 66.6 cm³/mol. The molecule has 0 fully saturated rings. The van der Waals surface area contributed by atoms with Crippen molar-refractivity contribution in [2.75, 3.05) is 0 Å². The van der Waals surface area contributed by atoms with Crippen molar-refractivity contribution in [1.82, 2.24) is 0 Å². The van der Waals surface area contributed by atoms with Crippen LogP contribution in [0.15, 0.2) is 6.07 Å². The summed E-state index contributed by atoms with van der Waals surface area (Å²) in [5, 5.41) is 0. The van der Waals surface area contributed by atoms with Gasteiger partial charge in [0.1, 0.15) is 0 Å². The highest BCUT2D eigenvalue weighted by Crippen LogP contribution is 2.33. The van der Waals surface area contributed by atoms with E-state index in [0.29, 0.717) is 5.92 Å². The predicted octanol–water partition coefficient (Wildman–Crippen LogP) is 4.31. The van der Waals surface area contributed by atoms with Crippen LogP contribution in [0.3, 0.4) is 0 Å². The van der Waals surface area contributed by atoms with Gasteiger partial charge in [-0.25, -0.2) is 0 Å². The van der Waals surface area contributed by atoms with Crippen LogP contribution >= 0.6 is 0 Å². The summed E-state index contributed by atoms with van der Waals surface area (Å²) in [6.07, 6.45) is 5.39. The first-order chi connectivity index (χ1) is 7.11. The molecule has 0 saturated carbocycles. The quantitative estimate of drug-likeness (QED) is 0.636. The van der Waals surface area contributed by atoms with E-state index in [0.717, 1.165) is 0 Å². The Hall–Kier alpha value is -0.780. The molecule has 0 saturated heterocycles. The zero-order chi connectivity index (χ0) is 11.0. The molecule has 0 bridgehead atoms. The molecular formula is C15H22. The van der Waals surface area contributed by atoms with Crippen molar-refractivity contribution in [3.63, 3.8) is 0 Å². The third-order valence-electron chi connectivity index (χ3n) is 3.70. The number of hydrogen-bond acceptors (Lipinski definition) is 0. The van der Waals surface area contributed by atoms with E-state index in [1.54, 1.807) is 16.7 Å². The maximum Gasteiger partial charge on any atom is -0.0213 e. The average Bonchev–Trinajstić information content (AvgIpc) is 2.17. The number of rotatable bonds is 1. The molecule has 0 nitrogen and oxygen atoms in total. The molecule has 1 aromatic rings. The van der Waals surface area contributed by atoms with Gasteiger partial charge in [-0.05, 0) is 73.3 Å². The Bertz CT molecular complexity index is 372. The van der Waals surface area contributed by atoms with E-state index in [9.17, 15) is 0 Å². The van der Waals surface area contributed by atoms with E-state index >= 15 is 0 Å². The summed E-state index contributed by atoms with van der Waals surface area (Å²) in [5.74, 6) is 0.678. The fraction of sp³-hybridized carbons (Fsp3) is 0.600. The van der Waals surface area contributed by atoms with Crippen molar-refractivity contribution in [2.45, 2.75) is 59.3 Å². The molecule has 1 aliphatic carbocycles. The van der Waals surface area contributed by atoms with Crippen LogP contribution in [0.1, 0.15) is 60.4 Å². The first kappa shape index (κ1) is 10.7. The van der Waals surface area contributed by atoms with Crippen LogP contribution in [-0.4, -0.2) is 0 Å². The Labute approximate surface area is 93.7 Å². The summed E-state index contributed by atoms with van der Waals surface area (Å²) in [4.78, 5) is 0. The van der Waals surface area contributed by atoms with Gasteiger partial charge in [-0.3, -0.25) is 0 Å². The van der Waals surface area contributed by atoms with Crippen LogP contribution in [0.25, 0.3) is 0 Å². The lowest BCUT2D eigenvalue weighted by molar-refractivity contribution is 0.665. The van der Waals surface area contributed by atoms with Crippen LogP contribution in [-0.2, 0) is 12.8 Å². The second kappa shape index (κ2) is 4.00. The number of benzene rings is 1. The highest BCUT2D eigenvalue weighted by Gasteiger charge is 2.18. The van der Waals surface area contributed by atoms with Gasteiger partial charge in [0.25, 0.3) is 0 Å². The maximum atomic E-state index is 2.39. The molecule has 0 heteroatoms. The second-order valence-corrected chi connectivity index (χ2v) is 5.24. The summed E-state index contributed by atoms with van der Waals surface area (Å²) >= 11 is 0. The Morgan fingerprint density at radius 3 is 2.13 bits per heavy atom. The third-order valence-corrected chi connectivity index (χ3v) is 3.70. The molecule has 0 radical (unpaired) electrons. The van der Waals surface area contributed by atoms with Gasteiger partial charge < -0.3 is 0 Å². The topological polar surface area (TPSA) is 0 Å². The molecule has 0 spiro atoms. The third kappa shape index (κ3) is 1.82. The van der Waals surface area contributed by atoms with Crippen LogP contribution in [0, 0.1) is 13.8 Å². The number of aryl methyl sites for hydroxylation is 2. The molecule has 0 N–H and O–H groups in total. The molecule has 0 amide bonds. The van der Waals surface area contributed by atoms with Crippen molar-refractivity contribution in [1.29, 1.82) is 0 Å². The molecule has 15 heavy (non-hydrogen) atoms. The monoisotopic (exact) mass is 202 g/mol. The van der Waals surface area contributed by atoms with Crippen molar-refractivity contribution >= 4 is 0 Å². The molecule has 2 rings (SSSR count). The standard InChI is InChI=1S/C15H22/c1-10(2)15-12(4)9-11(3)13-7-5-6-8-14(13)15/h9-10H,5-8H2,1-4H3. The highest BCUT2D eigenvalue weighted by atomic mass is 14.2. The van der Waals surface area contributed by atoms with Gasteiger partial charge in [0.05, 0.1) is 0 Å². The SMILES string of the molecule is Cc1cc(C)c(C(C)C)c2c1CCCC2. The lowest BCUT2D eigenvalue weighted by atomic mass is 9.80. The fourth-order valence-corrected chi connectivity index (χ4v) is 3.17. The largest absolute Gasteiger partial charge is 0.0587 e. The number of fused-ring (bicyclic) bond motifs is 1. The molecule has 0 aromatic heterocycles. The summed E-state index contributed by atoms with van der Waals surface area (Å²) < 4.78 is 0. The molecule has 0 unspecified atom stereocenters. The lowest BCUT2D eigenvalue weighted by Crippen LogP contribution is -2.11. The molecular weight excluding hydrogens is 180 g/mol. The van der Waals surface area contributed by atoms with E-state index in [2.05, 4.69) is 33.8 Å². The lowest BCUT2D eigenvalue weighted by Gasteiger charge is -2.25. The molecule has 0 aliphatic heterocycles. The van der Waals surface area contributed by atoms with Crippen molar-refractivity contribution in [3.05, 3.63) is 33.9 Å². The smallest absolute Gasteiger partial charge is 0.0213 e. The van der Waals surface area contributed by atoms with Gasteiger partial charge in [0.2, 0.25) is 0 Å². The normalized spacial score (nSPS) is 15.5. The summed E-state index contributed by atoms with van der Waals surface area (Å²) in [6.45, 7) is 9.21. The summed E-state index contributed by atoms with van der Waals surface area (Å²) in [6, 6.07) is 2.39. The summed E-state index contributed by atoms with van der Waals surface area (Å²) in [5.41, 5.74) is 8.01. The molecule has 0 heterocycles. The van der Waals surface area contributed by atoms with E-state index in [1.807, 2.05) is 0 Å². The van der Waals surface area contributed by atoms with Gasteiger partial charge in [-0.1, -0.05) is 19.9 Å². The van der Waals surface area contributed by atoms with Crippen LogP contribution in [0.4, 0.5) is 0 Å². The molecule has 82 valence electrons. The van der Waals surface area contributed by atoms with Crippen LogP contribution in [0.5, 0.6) is 0 Å². The van der Waals surface area contributed by atoms with Crippen LogP contribution in [0.2, 0.25) is 0 Å². The van der Waals surface area contributed by atoms with E-state index in [1.165, 1.54) is 36.8 Å². The Morgan fingerprint density at radius 2 is 1.53 bits per heavy atom. The average molecular weight is 202 g/mol. The van der Waals surface area contributed by atoms with E-state index < -0.39 is 0 Å². The zero-order valence-corrected chi connectivity index (χ0v) is 10.5. The van der Waals surface area contributed by atoms with Crippen molar-refractivity contribution in [3.8, 4) is 0 Å². The van der Waals surface area contributed by atoms with Gasteiger partial charge >= 0.3 is 0 Å². The Morgan fingerprint density at radius 1 is 0.933 bits per heavy atom. The molecule has 1 aliphatic rings. The Kier molecular flexibility index (Phi) is 2.86. The second-order valence-electron chi connectivity index (χ2n) is 5.24. The Balaban J connectivity index is 2.63. The van der Waals surface area contributed by atoms with Gasteiger partial charge in [0, 0.05) is 0 Å².